The average molecular weight is 410 g/mol. The summed E-state index contributed by atoms with van der Waals surface area (Å²) in [5.74, 6) is 0.882. The summed E-state index contributed by atoms with van der Waals surface area (Å²) in [6.45, 7) is 11.9. The van der Waals surface area contributed by atoms with Gasteiger partial charge in [0.1, 0.15) is 13.1 Å². The topological polar surface area (TPSA) is 80.9 Å². The summed E-state index contributed by atoms with van der Waals surface area (Å²) in [5, 5.41) is 13.6. The lowest BCUT2D eigenvalue weighted by Crippen LogP contribution is -3.13. The summed E-state index contributed by atoms with van der Waals surface area (Å²) in [4.78, 5) is 17.5. The second kappa shape index (κ2) is 7.95. The molecule has 1 fully saturated rings. The van der Waals surface area contributed by atoms with Crippen molar-refractivity contribution in [3.05, 3.63) is 51.1 Å². The molecule has 7 nitrogen and oxygen atoms in total. The lowest BCUT2D eigenvalue weighted by molar-refractivity contribution is -0.952. The quantitative estimate of drug-likeness (QED) is 0.678. The Kier molecular flexibility index (Phi) is 5.49. The molecule has 1 aliphatic carbocycles. The van der Waals surface area contributed by atoms with Crippen molar-refractivity contribution in [2.75, 3.05) is 0 Å². The fraction of sp³-hybridized carbons (Fsp3) is 0.565. The molecular formula is C23H33N6O+. The van der Waals surface area contributed by atoms with E-state index in [4.69, 9.17) is 0 Å². The maximum Gasteiger partial charge on any atom is 0.257 e. The van der Waals surface area contributed by atoms with Gasteiger partial charge >= 0.3 is 0 Å². The molecule has 7 heteroatoms. The molecule has 1 aliphatic rings. The van der Waals surface area contributed by atoms with Crippen LogP contribution in [0.4, 0.5) is 0 Å². The van der Waals surface area contributed by atoms with Gasteiger partial charge in [-0.3, -0.25) is 4.79 Å². The maximum absolute atomic E-state index is 13.0. The van der Waals surface area contributed by atoms with Crippen molar-refractivity contribution in [1.82, 2.24) is 25.2 Å². The van der Waals surface area contributed by atoms with E-state index in [1.165, 1.54) is 36.1 Å². The first-order chi connectivity index (χ1) is 14.2. The van der Waals surface area contributed by atoms with Gasteiger partial charge in [-0.25, -0.2) is 4.68 Å². The molecule has 0 bridgehead atoms. The number of fused-ring (bicyclic) bond motifs is 1. The number of rotatable bonds is 5. The molecule has 1 aromatic carbocycles. The highest BCUT2D eigenvalue weighted by atomic mass is 16.1. The van der Waals surface area contributed by atoms with Crippen molar-refractivity contribution >= 4 is 10.9 Å². The number of pyridine rings is 1. The third-order valence-corrected chi connectivity index (χ3v) is 6.53. The average Bonchev–Trinajstić information content (AvgIpc) is 3.37. The van der Waals surface area contributed by atoms with Crippen molar-refractivity contribution in [1.29, 1.82) is 0 Å². The fourth-order valence-corrected chi connectivity index (χ4v) is 4.67. The van der Waals surface area contributed by atoms with Crippen molar-refractivity contribution in [3.63, 3.8) is 0 Å². The van der Waals surface area contributed by atoms with Gasteiger partial charge in [-0.05, 0) is 93.3 Å². The van der Waals surface area contributed by atoms with E-state index in [1.54, 1.807) is 0 Å². The molecule has 1 unspecified atom stereocenters. The molecule has 2 heterocycles. The smallest absolute Gasteiger partial charge is 0.257 e. The van der Waals surface area contributed by atoms with Crippen LogP contribution in [0.3, 0.4) is 0 Å². The van der Waals surface area contributed by atoms with Crippen LogP contribution < -0.4 is 10.5 Å². The second-order valence-corrected chi connectivity index (χ2v) is 9.77. The van der Waals surface area contributed by atoms with Crippen LogP contribution in [-0.4, -0.2) is 31.2 Å². The zero-order valence-corrected chi connectivity index (χ0v) is 18.7. The number of aromatic nitrogens is 5. The van der Waals surface area contributed by atoms with Crippen LogP contribution in [0.2, 0.25) is 0 Å². The van der Waals surface area contributed by atoms with Crippen LogP contribution in [-0.2, 0) is 18.6 Å². The van der Waals surface area contributed by atoms with Gasteiger partial charge in [0.2, 0.25) is 5.82 Å². The van der Waals surface area contributed by atoms with Crippen LogP contribution in [0.5, 0.6) is 0 Å². The molecule has 3 aromatic rings. The van der Waals surface area contributed by atoms with Crippen LogP contribution in [0.15, 0.2) is 23.0 Å². The fourth-order valence-electron chi connectivity index (χ4n) is 4.67. The summed E-state index contributed by atoms with van der Waals surface area (Å²) < 4.78 is 1.92. The largest absolute Gasteiger partial charge is 0.322 e. The number of tetrazole rings is 1. The number of quaternary nitrogens is 1. The first-order valence-electron chi connectivity index (χ1n) is 11.0. The van der Waals surface area contributed by atoms with E-state index in [-0.39, 0.29) is 11.1 Å². The maximum atomic E-state index is 13.0. The number of nitrogens with zero attached hydrogens (tertiary/aromatic N) is 4. The van der Waals surface area contributed by atoms with E-state index in [2.05, 4.69) is 73.3 Å². The molecule has 4 rings (SSSR count). The van der Waals surface area contributed by atoms with Gasteiger partial charge in [0.25, 0.3) is 5.56 Å². The van der Waals surface area contributed by atoms with Gasteiger partial charge in [-0.2, -0.15) is 0 Å². The highest BCUT2D eigenvalue weighted by molar-refractivity contribution is 5.83. The molecule has 0 radical (unpaired) electrons. The third kappa shape index (κ3) is 4.03. The molecule has 30 heavy (non-hydrogen) atoms. The van der Waals surface area contributed by atoms with Gasteiger partial charge in [-0.15, -0.1) is 5.10 Å². The molecular weight excluding hydrogens is 376 g/mol. The highest BCUT2D eigenvalue weighted by Crippen LogP contribution is 2.20. The van der Waals surface area contributed by atoms with Gasteiger partial charge in [-0.1, -0.05) is 12.1 Å². The van der Waals surface area contributed by atoms with Gasteiger partial charge < -0.3 is 9.88 Å². The minimum Gasteiger partial charge on any atom is -0.322 e. The van der Waals surface area contributed by atoms with Crippen molar-refractivity contribution < 1.29 is 4.90 Å². The highest BCUT2D eigenvalue weighted by Gasteiger charge is 2.30. The third-order valence-electron chi connectivity index (χ3n) is 6.53. The van der Waals surface area contributed by atoms with Crippen LogP contribution >= 0.6 is 0 Å². The Morgan fingerprint density at radius 3 is 2.60 bits per heavy atom. The lowest BCUT2D eigenvalue weighted by atomic mass is 10.0. The minimum absolute atomic E-state index is 0.0158. The van der Waals surface area contributed by atoms with Crippen LogP contribution in [0.25, 0.3) is 10.9 Å². The SMILES string of the molecule is Cc1ccc2cc(C[NH+](Cc3nnnn3C(C)(C)C)C3CCCC3)c(=O)[nH]c2c1C. The first-order valence-corrected chi connectivity index (χ1v) is 11.0. The molecule has 2 aromatic heterocycles. The predicted molar refractivity (Wildman–Crippen MR) is 117 cm³/mol. The van der Waals surface area contributed by atoms with E-state index in [0.29, 0.717) is 12.6 Å². The summed E-state index contributed by atoms with van der Waals surface area (Å²) >= 11 is 0. The Bertz CT molecular complexity index is 1100. The van der Waals surface area contributed by atoms with Gasteiger partial charge in [0, 0.05) is 0 Å². The number of nitrogens with one attached hydrogen (secondary N) is 2. The Balaban J connectivity index is 1.68. The van der Waals surface area contributed by atoms with Crippen molar-refractivity contribution in [3.8, 4) is 0 Å². The summed E-state index contributed by atoms with van der Waals surface area (Å²) in [6.07, 6.45) is 4.89. The standard InChI is InChI=1S/C23H32N6O/c1-15-10-11-17-12-18(22(30)24-21(17)16(15)2)13-28(19-8-6-7-9-19)14-20-25-26-27-29(20)23(3,4)5/h10-12,19H,6-9,13-14H2,1-5H3,(H,24,30)/p+1. The Hall–Kier alpha value is -2.54. The molecule has 0 amide bonds. The molecule has 1 atom stereocenters. The van der Waals surface area contributed by atoms with E-state index in [9.17, 15) is 4.79 Å². The zero-order valence-electron chi connectivity index (χ0n) is 18.7. The molecule has 0 aliphatic heterocycles. The first kappa shape index (κ1) is 20.7. The van der Waals surface area contributed by atoms with Crippen LogP contribution in [0, 0.1) is 13.8 Å². The summed E-state index contributed by atoms with van der Waals surface area (Å²) in [5.41, 5.74) is 3.96. The number of H-pyrrole nitrogens is 1. The van der Waals surface area contributed by atoms with E-state index < -0.39 is 0 Å². The minimum atomic E-state index is -0.171. The molecule has 1 saturated carbocycles. The number of hydrogen-bond acceptors (Lipinski definition) is 4. The summed E-state index contributed by atoms with van der Waals surface area (Å²) in [7, 11) is 0. The lowest BCUT2D eigenvalue weighted by Gasteiger charge is -2.27. The van der Waals surface area contributed by atoms with Crippen molar-refractivity contribution in [2.24, 2.45) is 0 Å². The van der Waals surface area contributed by atoms with Gasteiger partial charge in [0.05, 0.1) is 22.7 Å². The Labute approximate surface area is 177 Å². The zero-order chi connectivity index (χ0) is 21.5. The normalized spacial score (nSPS) is 16.4. The predicted octanol–water partition coefficient (Wildman–Crippen LogP) is 2.41. The second-order valence-electron chi connectivity index (χ2n) is 9.77. The molecule has 160 valence electrons. The Morgan fingerprint density at radius 1 is 1.17 bits per heavy atom. The summed E-state index contributed by atoms with van der Waals surface area (Å²) in [6, 6.07) is 6.83. The van der Waals surface area contributed by atoms with E-state index >= 15 is 0 Å². The number of aryl methyl sites for hydroxylation is 2. The monoisotopic (exact) mass is 409 g/mol. The number of hydrogen-bond donors (Lipinski definition) is 2. The van der Waals surface area contributed by atoms with E-state index in [0.717, 1.165) is 34.4 Å². The van der Waals surface area contributed by atoms with Crippen molar-refractivity contribution in [2.45, 2.75) is 85.0 Å². The molecule has 2 N–H and O–H groups in total. The van der Waals surface area contributed by atoms with Gasteiger partial charge in [0.15, 0.2) is 0 Å². The van der Waals surface area contributed by atoms with Crippen LogP contribution in [0.1, 0.15) is 69.0 Å². The Morgan fingerprint density at radius 2 is 1.90 bits per heavy atom. The van der Waals surface area contributed by atoms with E-state index in [1.807, 2.05) is 4.68 Å². The molecule has 0 saturated heterocycles. The number of benzene rings is 1. The number of aromatic amines is 1. The molecule has 0 spiro atoms.